The summed E-state index contributed by atoms with van der Waals surface area (Å²) in [6.45, 7) is 19.3. The molecule has 7 atom stereocenters. The van der Waals surface area contributed by atoms with Gasteiger partial charge in [-0.1, -0.05) is 13.8 Å². The van der Waals surface area contributed by atoms with E-state index in [0.29, 0.717) is 16.9 Å². The average molecular weight is 435 g/mol. The second kappa shape index (κ2) is 7.23. The third kappa shape index (κ3) is 4.07. The number of allylic oxidation sites excluding steroid dienone is 2. The second-order valence-electron chi connectivity index (χ2n) is 13.3. The molecule has 4 heteroatoms. The van der Waals surface area contributed by atoms with Gasteiger partial charge in [0, 0.05) is 11.5 Å². The van der Waals surface area contributed by atoms with Crippen molar-refractivity contribution in [2.24, 2.45) is 34.5 Å². The molecule has 29 heavy (non-hydrogen) atoms. The van der Waals surface area contributed by atoms with Gasteiger partial charge in [-0.2, -0.15) is 0 Å². The zero-order valence-electron chi connectivity index (χ0n) is 20.4. The minimum absolute atomic E-state index is 0.308. The molecule has 0 heterocycles. The van der Waals surface area contributed by atoms with Crippen LogP contribution in [0.15, 0.2) is 11.8 Å². The lowest BCUT2D eigenvalue weighted by atomic mass is 9.45. The van der Waals surface area contributed by atoms with Gasteiger partial charge in [-0.05, 0) is 126 Å². The van der Waals surface area contributed by atoms with Crippen molar-refractivity contribution in [2.45, 2.75) is 111 Å². The van der Waals surface area contributed by atoms with Gasteiger partial charge in [-0.25, -0.2) is 0 Å². The Morgan fingerprint density at radius 1 is 0.862 bits per heavy atom. The third-order valence-corrected chi connectivity index (χ3v) is 10.9. The van der Waals surface area contributed by atoms with Crippen LogP contribution in [-0.4, -0.2) is 22.7 Å². The van der Waals surface area contributed by atoms with E-state index in [0.717, 1.165) is 23.7 Å². The highest BCUT2D eigenvalue weighted by atomic mass is 28.4. The summed E-state index contributed by atoms with van der Waals surface area (Å²) in [5.41, 5.74) is 0.856. The Balaban J connectivity index is 1.49. The van der Waals surface area contributed by atoms with Crippen LogP contribution in [0.2, 0.25) is 39.3 Å². The van der Waals surface area contributed by atoms with Gasteiger partial charge in [-0.3, -0.25) is 0 Å². The zero-order chi connectivity index (χ0) is 21.2. The standard InChI is InChI=1S/C25H46O2Si2/c1-24-15-13-19(26-28(3,4)5)17-18(24)9-10-20-21-11-12-23(27-29(6,7)8)25(21,2)16-14-22(20)24/h12,18-22H,9-11,13-17H2,1-8H3/t18-,19+,20?,21?,22?,24+,25+/m1/s1. The van der Waals surface area contributed by atoms with Gasteiger partial charge < -0.3 is 8.85 Å². The molecule has 0 radical (unpaired) electrons. The SMILES string of the molecule is C[C@]12CCC3C(CC[C@@H]4C[C@@H](O[Si](C)(C)C)CC[C@]34C)C1CC=C2O[Si](C)(C)C. The summed E-state index contributed by atoms with van der Waals surface area (Å²) < 4.78 is 13.2. The Labute approximate surface area is 182 Å². The van der Waals surface area contributed by atoms with Crippen molar-refractivity contribution >= 4 is 16.6 Å². The smallest absolute Gasteiger partial charge is 0.241 e. The molecule has 0 aromatic rings. The highest BCUT2D eigenvalue weighted by molar-refractivity contribution is 6.70. The van der Waals surface area contributed by atoms with Gasteiger partial charge in [0.1, 0.15) is 0 Å². The number of fused-ring (bicyclic) bond motifs is 5. The lowest BCUT2D eigenvalue weighted by molar-refractivity contribution is -0.119. The minimum Gasteiger partial charge on any atom is -0.547 e. The normalized spacial score (nSPS) is 45.1. The van der Waals surface area contributed by atoms with E-state index in [-0.39, 0.29) is 0 Å². The van der Waals surface area contributed by atoms with E-state index in [1.165, 1.54) is 57.1 Å². The maximum Gasteiger partial charge on any atom is 0.241 e. The molecular weight excluding hydrogens is 388 g/mol. The summed E-state index contributed by atoms with van der Waals surface area (Å²) in [4.78, 5) is 0. The van der Waals surface area contributed by atoms with Gasteiger partial charge in [0.25, 0.3) is 0 Å². The summed E-state index contributed by atoms with van der Waals surface area (Å²) in [5, 5.41) is 0. The summed E-state index contributed by atoms with van der Waals surface area (Å²) >= 11 is 0. The van der Waals surface area contributed by atoms with Crippen LogP contribution in [0.5, 0.6) is 0 Å². The Morgan fingerprint density at radius 3 is 2.24 bits per heavy atom. The third-order valence-electron chi connectivity index (χ3n) is 9.06. The monoisotopic (exact) mass is 434 g/mol. The van der Waals surface area contributed by atoms with E-state index in [4.69, 9.17) is 8.85 Å². The minimum atomic E-state index is -1.54. The fourth-order valence-electron chi connectivity index (χ4n) is 7.84. The highest BCUT2D eigenvalue weighted by Gasteiger charge is 2.59. The molecule has 0 saturated heterocycles. The molecule has 4 aliphatic carbocycles. The van der Waals surface area contributed by atoms with Crippen LogP contribution in [0, 0.1) is 34.5 Å². The van der Waals surface area contributed by atoms with Crippen molar-refractivity contribution in [3.63, 3.8) is 0 Å². The van der Waals surface area contributed by atoms with E-state index < -0.39 is 16.6 Å². The molecule has 0 spiro atoms. The van der Waals surface area contributed by atoms with E-state index in [1.807, 2.05) is 0 Å². The van der Waals surface area contributed by atoms with E-state index in [9.17, 15) is 0 Å². The van der Waals surface area contributed by atoms with Crippen molar-refractivity contribution in [1.29, 1.82) is 0 Å². The number of hydrogen-bond acceptors (Lipinski definition) is 2. The van der Waals surface area contributed by atoms with Gasteiger partial charge in [-0.15, -0.1) is 0 Å². The van der Waals surface area contributed by atoms with E-state index >= 15 is 0 Å². The molecule has 4 rings (SSSR count). The topological polar surface area (TPSA) is 18.5 Å². The largest absolute Gasteiger partial charge is 0.547 e. The lowest BCUT2D eigenvalue weighted by Gasteiger charge is -2.61. The average Bonchev–Trinajstić information content (AvgIpc) is 2.89. The molecule has 0 bridgehead atoms. The maximum atomic E-state index is 6.63. The van der Waals surface area contributed by atoms with Crippen molar-refractivity contribution < 1.29 is 8.85 Å². The van der Waals surface area contributed by atoms with Crippen LogP contribution in [-0.2, 0) is 8.85 Å². The second-order valence-corrected chi connectivity index (χ2v) is 22.1. The fourth-order valence-corrected chi connectivity index (χ4v) is 10.0. The molecule has 0 N–H and O–H groups in total. The van der Waals surface area contributed by atoms with Crippen molar-refractivity contribution in [3.8, 4) is 0 Å². The molecule has 0 aliphatic heterocycles. The van der Waals surface area contributed by atoms with Crippen molar-refractivity contribution in [2.75, 3.05) is 0 Å². The molecule has 0 aromatic heterocycles. The predicted octanol–water partition coefficient (Wildman–Crippen LogP) is 7.59. The summed E-state index contributed by atoms with van der Waals surface area (Å²) in [6, 6.07) is 0. The molecule has 4 aliphatic rings. The van der Waals surface area contributed by atoms with Crippen LogP contribution in [0.4, 0.5) is 0 Å². The summed E-state index contributed by atoms with van der Waals surface area (Å²) in [6.07, 6.45) is 13.9. The lowest BCUT2D eigenvalue weighted by Crippen LogP contribution is -2.54. The zero-order valence-corrected chi connectivity index (χ0v) is 22.4. The van der Waals surface area contributed by atoms with Crippen LogP contribution < -0.4 is 0 Å². The molecular formula is C25H46O2Si2. The Morgan fingerprint density at radius 2 is 1.59 bits per heavy atom. The molecule has 166 valence electrons. The maximum absolute atomic E-state index is 6.63. The molecule has 3 unspecified atom stereocenters. The van der Waals surface area contributed by atoms with Crippen LogP contribution in [0.25, 0.3) is 0 Å². The first-order valence-electron chi connectivity index (χ1n) is 12.4. The fraction of sp³-hybridized carbons (Fsp3) is 0.920. The van der Waals surface area contributed by atoms with Gasteiger partial charge in [0.15, 0.2) is 8.32 Å². The van der Waals surface area contributed by atoms with Crippen LogP contribution in [0.1, 0.15) is 65.2 Å². The Kier molecular flexibility index (Phi) is 5.52. The summed E-state index contributed by atoms with van der Waals surface area (Å²) in [7, 11) is -2.97. The molecule has 2 nitrogen and oxygen atoms in total. The summed E-state index contributed by atoms with van der Waals surface area (Å²) in [5.74, 6) is 4.91. The van der Waals surface area contributed by atoms with Crippen LogP contribution >= 0.6 is 0 Å². The first-order chi connectivity index (χ1) is 13.3. The van der Waals surface area contributed by atoms with Gasteiger partial charge >= 0.3 is 0 Å². The Bertz CT molecular complexity index is 661. The highest BCUT2D eigenvalue weighted by Crippen LogP contribution is 2.66. The van der Waals surface area contributed by atoms with E-state index in [2.05, 4.69) is 59.2 Å². The molecule has 0 amide bonds. The predicted molar refractivity (Wildman–Crippen MR) is 128 cm³/mol. The molecule has 3 fully saturated rings. The van der Waals surface area contributed by atoms with Crippen molar-refractivity contribution in [1.82, 2.24) is 0 Å². The molecule has 0 aromatic carbocycles. The van der Waals surface area contributed by atoms with Crippen molar-refractivity contribution in [3.05, 3.63) is 11.8 Å². The number of hydrogen-bond donors (Lipinski definition) is 0. The van der Waals surface area contributed by atoms with Gasteiger partial charge in [0.2, 0.25) is 8.32 Å². The Hall–Kier alpha value is -0.0662. The van der Waals surface area contributed by atoms with Gasteiger partial charge in [0.05, 0.1) is 5.76 Å². The van der Waals surface area contributed by atoms with Crippen LogP contribution in [0.3, 0.4) is 0 Å². The number of rotatable bonds is 4. The quantitative estimate of drug-likeness (QED) is 0.424. The first kappa shape index (κ1) is 22.1. The van der Waals surface area contributed by atoms with E-state index in [1.54, 1.807) is 0 Å². The first-order valence-corrected chi connectivity index (χ1v) is 19.2. The molecule has 3 saturated carbocycles.